The molecule has 1 aromatic heterocycles. The normalized spacial score (nSPS) is 14.4. The molecule has 0 aliphatic heterocycles. The van der Waals surface area contributed by atoms with Crippen LogP contribution in [0.15, 0.2) is 16.9 Å². The van der Waals surface area contributed by atoms with Crippen molar-refractivity contribution < 1.29 is 14.3 Å². The third-order valence-electron chi connectivity index (χ3n) is 2.21. The van der Waals surface area contributed by atoms with Crippen molar-refractivity contribution in [2.45, 2.75) is 25.6 Å². The van der Waals surface area contributed by atoms with Crippen LogP contribution in [0, 0.1) is 0 Å². The van der Waals surface area contributed by atoms with E-state index in [9.17, 15) is 14.0 Å². The van der Waals surface area contributed by atoms with Crippen molar-refractivity contribution in [1.29, 1.82) is 0 Å². The third kappa shape index (κ3) is 2.90. The van der Waals surface area contributed by atoms with Gasteiger partial charge in [0.05, 0.1) is 0 Å². The van der Waals surface area contributed by atoms with Gasteiger partial charge in [0.25, 0.3) is 0 Å². The minimum Gasteiger partial charge on any atom is -0.480 e. The largest absolute Gasteiger partial charge is 0.480 e. The van der Waals surface area contributed by atoms with E-state index in [1.54, 1.807) is 0 Å². The van der Waals surface area contributed by atoms with E-state index in [2.05, 4.69) is 4.98 Å². The van der Waals surface area contributed by atoms with Crippen LogP contribution in [0.5, 0.6) is 0 Å². The summed E-state index contributed by atoms with van der Waals surface area (Å²) in [4.78, 5) is 24.0. The zero-order chi connectivity index (χ0) is 12.3. The molecular formula is C10H13FN2O3. The van der Waals surface area contributed by atoms with Crippen LogP contribution in [0.4, 0.5) is 4.39 Å². The number of pyridine rings is 1. The van der Waals surface area contributed by atoms with Gasteiger partial charge in [-0.15, -0.1) is 0 Å². The number of nitrogens with one attached hydrogen (secondary N) is 1. The summed E-state index contributed by atoms with van der Waals surface area (Å²) in [5.41, 5.74) is 5.41. The predicted octanol–water partition coefficient (Wildman–Crippen LogP) is 0.360. The standard InChI is InChI=1S/C10H13FN2O3/c1-5(11)6-2-3-9(14)13-8(6)4-7(12)10(15)16/h2-3,5,7H,4,12H2,1H3,(H,13,14)(H,15,16). The van der Waals surface area contributed by atoms with Gasteiger partial charge < -0.3 is 15.8 Å². The van der Waals surface area contributed by atoms with Gasteiger partial charge in [-0.2, -0.15) is 0 Å². The van der Waals surface area contributed by atoms with E-state index in [0.29, 0.717) is 0 Å². The lowest BCUT2D eigenvalue weighted by Crippen LogP contribution is -2.33. The number of hydrogen-bond donors (Lipinski definition) is 3. The Labute approximate surface area is 91.1 Å². The van der Waals surface area contributed by atoms with Crippen molar-refractivity contribution in [1.82, 2.24) is 4.98 Å². The number of rotatable bonds is 4. The highest BCUT2D eigenvalue weighted by Crippen LogP contribution is 2.18. The number of aliphatic carboxylic acids is 1. The summed E-state index contributed by atoms with van der Waals surface area (Å²) in [6.45, 7) is 1.31. The minimum atomic E-state index is -1.28. The lowest BCUT2D eigenvalue weighted by atomic mass is 10.0. The van der Waals surface area contributed by atoms with Gasteiger partial charge in [-0.25, -0.2) is 4.39 Å². The number of aromatic amines is 1. The Morgan fingerprint density at radius 2 is 2.25 bits per heavy atom. The zero-order valence-corrected chi connectivity index (χ0v) is 8.74. The van der Waals surface area contributed by atoms with Crippen molar-refractivity contribution >= 4 is 5.97 Å². The number of nitrogens with two attached hydrogens (primary N) is 1. The van der Waals surface area contributed by atoms with E-state index >= 15 is 0 Å². The van der Waals surface area contributed by atoms with E-state index < -0.39 is 23.7 Å². The fraction of sp³-hybridized carbons (Fsp3) is 0.400. The first-order chi connectivity index (χ1) is 7.41. The molecule has 0 spiro atoms. The van der Waals surface area contributed by atoms with Crippen molar-refractivity contribution in [2.75, 3.05) is 0 Å². The van der Waals surface area contributed by atoms with E-state index in [4.69, 9.17) is 10.8 Å². The number of aromatic nitrogens is 1. The van der Waals surface area contributed by atoms with Crippen molar-refractivity contribution in [3.8, 4) is 0 Å². The van der Waals surface area contributed by atoms with Crippen molar-refractivity contribution in [3.63, 3.8) is 0 Å². The Kier molecular flexibility index (Phi) is 3.78. The van der Waals surface area contributed by atoms with E-state index in [1.165, 1.54) is 19.1 Å². The minimum absolute atomic E-state index is 0.102. The number of H-pyrrole nitrogens is 1. The molecule has 0 radical (unpaired) electrons. The SMILES string of the molecule is CC(F)c1ccc(=O)[nH]c1CC(N)C(=O)O. The van der Waals surface area contributed by atoms with E-state index in [1.807, 2.05) is 0 Å². The fourth-order valence-electron chi connectivity index (χ4n) is 1.38. The first kappa shape index (κ1) is 12.4. The van der Waals surface area contributed by atoms with Gasteiger partial charge in [0.1, 0.15) is 12.2 Å². The molecule has 1 heterocycles. The molecule has 1 rings (SSSR count). The Bertz CT molecular complexity index is 442. The van der Waals surface area contributed by atoms with Gasteiger partial charge in [0.15, 0.2) is 0 Å². The summed E-state index contributed by atoms with van der Waals surface area (Å²) >= 11 is 0. The van der Waals surface area contributed by atoms with Crippen LogP contribution in [0.25, 0.3) is 0 Å². The highest BCUT2D eigenvalue weighted by Gasteiger charge is 2.17. The average molecular weight is 228 g/mol. The van der Waals surface area contributed by atoms with Crippen LogP contribution in [0.1, 0.15) is 24.4 Å². The molecule has 0 aromatic carbocycles. The summed E-state index contributed by atoms with van der Waals surface area (Å²) in [7, 11) is 0. The molecule has 2 atom stereocenters. The van der Waals surface area contributed by atoms with Crippen LogP contribution in [-0.4, -0.2) is 22.1 Å². The predicted molar refractivity (Wildman–Crippen MR) is 55.9 cm³/mol. The van der Waals surface area contributed by atoms with Gasteiger partial charge in [-0.05, 0) is 13.0 Å². The molecule has 0 bridgehead atoms. The van der Waals surface area contributed by atoms with E-state index in [0.717, 1.165) is 0 Å². The van der Waals surface area contributed by atoms with E-state index in [-0.39, 0.29) is 17.7 Å². The monoisotopic (exact) mass is 228 g/mol. The molecule has 6 heteroatoms. The number of carboxylic acids is 1. The van der Waals surface area contributed by atoms with Crippen molar-refractivity contribution in [3.05, 3.63) is 33.7 Å². The van der Waals surface area contributed by atoms with Gasteiger partial charge in [-0.3, -0.25) is 9.59 Å². The van der Waals surface area contributed by atoms with Crippen LogP contribution in [0.3, 0.4) is 0 Å². The Balaban J connectivity index is 3.05. The average Bonchev–Trinajstić information content (AvgIpc) is 2.16. The van der Waals surface area contributed by atoms with Gasteiger partial charge in [0, 0.05) is 23.7 Å². The smallest absolute Gasteiger partial charge is 0.320 e. The van der Waals surface area contributed by atoms with Crippen LogP contribution in [0.2, 0.25) is 0 Å². The maximum absolute atomic E-state index is 13.2. The second-order valence-corrected chi connectivity index (χ2v) is 3.52. The molecular weight excluding hydrogens is 215 g/mol. The Morgan fingerprint density at radius 1 is 1.62 bits per heavy atom. The van der Waals surface area contributed by atoms with Crippen molar-refractivity contribution in [2.24, 2.45) is 5.73 Å². The molecule has 5 nitrogen and oxygen atoms in total. The number of hydrogen-bond acceptors (Lipinski definition) is 3. The lowest BCUT2D eigenvalue weighted by Gasteiger charge is -2.12. The quantitative estimate of drug-likeness (QED) is 0.693. The highest BCUT2D eigenvalue weighted by molar-refractivity contribution is 5.73. The third-order valence-corrected chi connectivity index (χ3v) is 2.21. The number of alkyl halides is 1. The second kappa shape index (κ2) is 4.89. The van der Waals surface area contributed by atoms with Crippen LogP contribution >= 0.6 is 0 Å². The molecule has 4 N–H and O–H groups in total. The number of carbonyl (C=O) groups is 1. The summed E-state index contributed by atoms with van der Waals surface area (Å²) in [6.07, 6.45) is -1.39. The second-order valence-electron chi connectivity index (χ2n) is 3.52. The molecule has 0 aliphatic rings. The Morgan fingerprint density at radius 3 is 2.75 bits per heavy atom. The molecule has 0 saturated heterocycles. The summed E-state index contributed by atoms with van der Waals surface area (Å²) in [6, 6.07) is 1.38. The maximum Gasteiger partial charge on any atom is 0.320 e. The van der Waals surface area contributed by atoms with Gasteiger partial charge in [-0.1, -0.05) is 0 Å². The van der Waals surface area contributed by atoms with Gasteiger partial charge in [0.2, 0.25) is 5.56 Å². The van der Waals surface area contributed by atoms with Crippen LogP contribution < -0.4 is 11.3 Å². The lowest BCUT2D eigenvalue weighted by molar-refractivity contribution is -0.138. The summed E-state index contributed by atoms with van der Waals surface area (Å²) < 4.78 is 13.2. The molecule has 0 saturated carbocycles. The molecule has 0 fully saturated rings. The molecule has 0 aliphatic carbocycles. The molecule has 0 amide bonds. The zero-order valence-electron chi connectivity index (χ0n) is 8.74. The van der Waals surface area contributed by atoms with Gasteiger partial charge >= 0.3 is 5.97 Å². The Hall–Kier alpha value is -1.69. The first-order valence-corrected chi connectivity index (χ1v) is 4.76. The summed E-state index contributed by atoms with van der Waals surface area (Å²) in [5.74, 6) is -1.19. The first-order valence-electron chi connectivity index (χ1n) is 4.76. The molecule has 16 heavy (non-hydrogen) atoms. The molecule has 1 aromatic rings. The number of carboxylic acid groups (broad SMARTS) is 1. The molecule has 88 valence electrons. The molecule has 2 unspecified atom stereocenters. The maximum atomic E-state index is 13.2. The van der Waals surface area contributed by atoms with Crippen LogP contribution in [-0.2, 0) is 11.2 Å². The topological polar surface area (TPSA) is 96.2 Å². The summed E-state index contributed by atoms with van der Waals surface area (Å²) in [5, 5.41) is 8.63. The fourth-order valence-corrected chi connectivity index (χ4v) is 1.38. The number of halogens is 1. The highest BCUT2D eigenvalue weighted by atomic mass is 19.1.